The van der Waals surface area contributed by atoms with Gasteiger partial charge in [-0.1, -0.05) is 29.5 Å². The molecule has 2 aromatic rings. The van der Waals surface area contributed by atoms with Crippen molar-refractivity contribution in [3.63, 3.8) is 0 Å². The van der Waals surface area contributed by atoms with E-state index >= 15 is 0 Å². The first-order valence-electron chi connectivity index (χ1n) is 7.18. The Balaban J connectivity index is 1.64. The number of halogens is 1. The molecule has 1 amide bonds. The third-order valence-electron chi connectivity index (χ3n) is 3.81. The lowest BCUT2D eigenvalue weighted by molar-refractivity contribution is -0.122. The summed E-state index contributed by atoms with van der Waals surface area (Å²) in [7, 11) is 0. The molecule has 5 nitrogen and oxygen atoms in total. The smallest absolute Gasteiger partial charge is 0.231 e. The van der Waals surface area contributed by atoms with Crippen LogP contribution in [0, 0.1) is 11.7 Å². The average Bonchev–Trinajstić information content (AvgIpc) is 3.10. The lowest BCUT2D eigenvalue weighted by atomic mass is 10.1. The van der Waals surface area contributed by atoms with Crippen LogP contribution in [0.25, 0.3) is 0 Å². The fourth-order valence-corrected chi connectivity index (χ4v) is 3.39. The zero-order valence-corrected chi connectivity index (χ0v) is 12.6. The second-order valence-electron chi connectivity index (χ2n) is 5.36. The van der Waals surface area contributed by atoms with Crippen molar-refractivity contribution < 1.29 is 14.3 Å². The highest BCUT2D eigenvalue weighted by Gasteiger charge is 2.31. The molecule has 1 heterocycles. The summed E-state index contributed by atoms with van der Waals surface area (Å²) in [6.07, 6.45) is 1.96. The number of nitrogens with zero attached hydrogens (tertiary/aromatic N) is 2. The number of aliphatic hydroxyl groups excluding tert-OH is 1. The van der Waals surface area contributed by atoms with E-state index in [9.17, 15) is 14.3 Å². The Morgan fingerprint density at radius 2 is 2.18 bits per heavy atom. The Morgan fingerprint density at radius 1 is 1.36 bits per heavy atom. The summed E-state index contributed by atoms with van der Waals surface area (Å²) in [4.78, 5) is 12.1. The van der Waals surface area contributed by atoms with Gasteiger partial charge in [0.25, 0.3) is 0 Å². The summed E-state index contributed by atoms with van der Waals surface area (Å²) in [5.41, 5.74) is 0.544. The fraction of sp³-hybridized carbons (Fsp3) is 0.400. The van der Waals surface area contributed by atoms with Crippen molar-refractivity contribution in [2.45, 2.75) is 31.8 Å². The molecule has 22 heavy (non-hydrogen) atoms. The highest BCUT2D eigenvalue weighted by molar-refractivity contribution is 7.15. The number of anilines is 1. The zero-order chi connectivity index (χ0) is 15.5. The second kappa shape index (κ2) is 6.50. The molecule has 3 rings (SSSR count). The number of aliphatic hydroxyl groups is 1. The van der Waals surface area contributed by atoms with Crippen LogP contribution in [0.1, 0.15) is 29.8 Å². The lowest BCUT2D eigenvalue weighted by Gasteiger charge is -2.12. The molecule has 0 aliphatic heterocycles. The van der Waals surface area contributed by atoms with Crippen LogP contribution in [0.15, 0.2) is 24.3 Å². The van der Waals surface area contributed by atoms with E-state index in [2.05, 4.69) is 15.5 Å². The van der Waals surface area contributed by atoms with Crippen LogP contribution in [0.5, 0.6) is 0 Å². The Kier molecular flexibility index (Phi) is 4.44. The number of hydrogen-bond donors (Lipinski definition) is 2. The van der Waals surface area contributed by atoms with Crippen LogP contribution in [-0.4, -0.2) is 27.3 Å². The van der Waals surface area contributed by atoms with E-state index < -0.39 is 6.10 Å². The first kappa shape index (κ1) is 15.1. The minimum atomic E-state index is -0.578. The van der Waals surface area contributed by atoms with Crippen LogP contribution in [0.2, 0.25) is 0 Å². The van der Waals surface area contributed by atoms with E-state index in [1.54, 1.807) is 18.2 Å². The van der Waals surface area contributed by atoms with Gasteiger partial charge in [-0.2, -0.15) is 0 Å². The van der Waals surface area contributed by atoms with Gasteiger partial charge in [-0.3, -0.25) is 4.79 Å². The number of hydrogen-bond acceptors (Lipinski definition) is 5. The Bertz CT molecular complexity index is 676. The van der Waals surface area contributed by atoms with E-state index in [1.807, 2.05) is 0 Å². The molecule has 2 atom stereocenters. The Hall–Kier alpha value is -1.86. The maximum atomic E-state index is 13.6. The van der Waals surface area contributed by atoms with Gasteiger partial charge in [0.15, 0.2) is 0 Å². The number of benzene rings is 1. The molecule has 2 N–H and O–H groups in total. The summed E-state index contributed by atoms with van der Waals surface area (Å²) >= 11 is 1.22. The van der Waals surface area contributed by atoms with E-state index in [1.165, 1.54) is 17.4 Å². The van der Waals surface area contributed by atoms with Crippen molar-refractivity contribution in [3.8, 4) is 0 Å². The SMILES string of the molecule is O=C(Nc1nnc(Cc2ccccc2F)s1)C1CCCC1O. The molecule has 0 radical (unpaired) electrons. The predicted molar refractivity (Wildman–Crippen MR) is 81.1 cm³/mol. The van der Waals surface area contributed by atoms with Gasteiger partial charge in [-0.25, -0.2) is 4.39 Å². The summed E-state index contributed by atoms with van der Waals surface area (Å²) in [6, 6.07) is 6.51. The molecule has 1 aliphatic rings. The number of amides is 1. The first-order chi connectivity index (χ1) is 10.6. The van der Waals surface area contributed by atoms with Crippen LogP contribution in [0.3, 0.4) is 0 Å². The molecule has 0 spiro atoms. The maximum Gasteiger partial charge on any atom is 0.231 e. The van der Waals surface area contributed by atoms with Crippen molar-refractivity contribution in [2.75, 3.05) is 5.32 Å². The zero-order valence-electron chi connectivity index (χ0n) is 11.8. The largest absolute Gasteiger partial charge is 0.392 e. The molecule has 0 bridgehead atoms. The fourth-order valence-electron chi connectivity index (χ4n) is 2.62. The van der Waals surface area contributed by atoms with Crippen molar-refractivity contribution in [2.24, 2.45) is 5.92 Å². The van der Waals surface area contributed by atoms with Crippen molar-refractivity contribution in [3.05, 3.63) is 40.7 Å². The topological polar surface area (TPSA) is 75.1 Å². The molecule has 1 aliphatic carbocycles. The maximum absolute atomic E-state index is 13.6. The predicted octanol–water partition coefficient (Wildman–Crippen LogP) is 2.37. The van der Waals surface area contributed by atoms with Gasteiger partial charge in [-0.05, 0) is 30.9 Å². The molecular formula is C15H16FN3O2S. The third kappa shape index (κ3) is 3.31. The number of rotatable bonds is 4. The number of aromatic nitrogens is 2. The first-order valence-corrected chi connectivity index (χ1v) is 8.00. The van der Waals surface area contributed by atoms with Gasteiger partial charge < -0.3 is 10.4 Å². The summed E-state index contributed by atoms with van der Waals surface area (Å²) in [5, 5.41) is 21.3. The van der Waals surface area contributed by atoms with Crippen LogP contribution >= 0.6 is 11.3 Å². The normalized spacial score (nSPS) is 21.0. The van der Waals surface area contributed by atoms with E-state index in [4.69, 9.17) is 0 Å². The van der Waals surface area contributed by atoms with Crippen molar-refractivity contribution in [1.82, 2.24) is 10.2 Å². The molecular weight excluding hydrogens is 305 g/mol. The van der Waals surface area contributed by atoms with Gasteiger partial charge >= 0.3 is 0 Å². The average molecular weight is 321 g/mol. The number of nitrogens with one attached hydrogen (secondary N) is 1. The van der Waals surface area contributed by atoms with E-state index in [-0.39, 0.29) is 17.6 Å². The summed E-state index contributed by atoms with van der Waals surface area (Å²) < 4.78 is 13.6. The van der Waals surface area contributed by atoms with Crippen LogP contribution in [-0.2, 0) is 11.2 Å². The van der Waals surface area contributed by atoms with Gasteiger partial charge in [0, 0.05) is 6.42 Å². The van der Waals surface area contributed by atoms with Gasteiger partial charge in [0.05, 0.1) is 12.0 Å². The monoisotopic (exact) mass is 321 g/mol. The molecule has 7 heteroatoms. The highest BCUT2D eigenvalue weighted by Crippen LogP contribution is 2.27. The number of carbonyl (C=O) groups excluding carboxylic acids is 1. The Morgan fingerprint density at radius 3 is 2.91 bits per heavy atom. The van der Waals surface area contributed by atoms with Crippen molar-refractivity contribution in [1.29, 1.82) is 0 Å². The molecule has 1 saturated carbocycles. The van der Waals surface area contributed by atoms with E-state index in [0.29, 0.717) is 35.0 Å². The standard InChI is InChI=1S/C15H16FN3O2S/c16-11-6-2-1-4-9(11)8-13-18-19-15(22-13)17-14(21)10-5-3-7-12(10)20/h1-2,4,6,10,12,20H,3,5,7-8H2,(H,17,19,21). The highest BCUT2D eigenvalue weighted by atomic mass is 32.1. The molecule has 1 fully saturated rings. The van der Waals surface area contributed by atoms with Gasteiger partial charge in [-0.15, -0.1) is 10.2 Å². The van der Waals surface area contributed by atoms with Gasteiger partial charge in [0.2, 0.25) is 11.0 Å². The molecule has 0 saturated heterocycles. The summed E-state index contributed by atoms with van der Waals surface area (Å²) in [5.74, 6) is -0.880. The number of carbonyl (C=O) groups is 1. The molecule has 1 aromatic carbocycles. The summed E-state index contributed by atoms with van der Waals surface area (Å²) in [6.45, 7) is 0. The molecule has 1 aromatic heterocycles. The lowest BCUT2D eigenvalue weighted by Crippen LogP contribution is -2.28. The van der Waals surface area contributed by atoms with Crippen molar-refractivity contribution >= 4 is 22.4 Å². The van der Waals surface area contributed by atoms with Crippen LogP contribution < -0.4 is 5.32 Å². The van der Waals surface area contributed by atoms with Crippen LogP contribution in [0.4, 0.5) is 9.52 Å². The third-order valence-corrected chi connectivity index (χ3v) is 4.65. The minimum Gasteiger partial charge on any atom is -0.392 e. The van der Waals surface area contributed by atoms with Gasteiger partial charge in [0.1, 0.15) is 10.8 Å². The van der Waals surface area contributed by atoms with E-state index in [0.717, 1.165) is 6.42 Å². The second-order valence-corrected chi connectivity index (χ2v) is 6.43. The molecule has 2 unspecified atom stereocenters. The molecule has 116 valence electrons. The Labute approximate surface area is 131 Å². The minimum absolute atomic E-state index is 0.224. The quantitative estimate of drug-likeness (QED) is 0.906.